The second-order valence-electron chi connectivity index (χ2n) is 7.96. The van der Waals surface area contributed by atoms with Gasteiger partial charge < -0.3 is 15.1 Å². The van der Waals surface area contributed by atoms with Crippen LogP contribution in [0.3, 0.4) is 0 Å². The van der Waals surface area contributed by atoms with Gasteiger partial charge in [0.05, 0.1) is 12.5 Å². The first-order valence-corrected chi connectivity index (χ1v) is 10.5. The Labute approximate surface area is 183 Å². The van der Waals surface area contributed by atoms with Gasteiger partial charge in [0.15, 0.2) is 0 Å². The SMILES string of the molecule is Cc1ccccc1CC(=O)N1CCN(C(=O)c2ccn(C3CCCNC3)n2)CC1.Cl. The molecule has 2 aliphatic rings. The Morgan fingerprint density at radius 1 is 1.10 bits per heavy atom. The molecule has 1 N–H and O–H groups in total. The summed E-state index contributed by atoms with van der Waals surface area (Å²) in [5.41, 5.74) is 2.70. The van der Waals surface area contributed by atoms with E-state index in [0.29, 0.717) is 44.3 Å². The molecule has 2 aromatic rings. The summed E-state index contributed by atoms with van der Waals surface area (Å²) in [5.74, 6) is 0.0824. The zero-order chi connectivity index (χ0) is 20.2. The number of piperazine rings is 1. The van der Waals surface area contributed by atoms with E-state index >= 15 is 0 Å². The quantitative estimate of drug-likeness (QED) is 0.804. The molecule has 30 heavy (non-hydrogen) atoms. The van der Waals surface area contributed by atoms with E-state index in [-0.39, 0.29) is 24.2 Å². The van der Waals surface area contributed by atoms with Crippen LogP contribution in [-0.4, -0.2) is 70.7 Å². The molecule has 2 amide bonds. The highest BCUT2D eigenvalue weighted by Crippen LogP contribution is 2.17. The summed E-state index contributed by atoms with van der Waals surface area (Å²) in [6, 6.07) is 10.1. The molecule has 7 nitrogen and oxygen atoms in total. The topological polar surface area (TPSA) is 70.5 Å². The summed E-state index contributed by atoms with van der Waals surface area (Å²) in [4.78, 5) is 29.2. The second-order valence-corrected chi connectivity index (χ2v) is 7.96. The number of benzene rings is 1. The predicted octanol–water partition coefficient (Wildman–Crippen LogP) is 2.06. The number of hydrogen-bond donors (Lipinski definition) is 1. The highest BCUT2D eigenvalue weighted by Gasteiger charge is 2.27. The van der Waals surface area contributed by atoms with Crippen LogP contribution in [-0.2, 0) is 11.2 Å². The molecule has 2 fully saturated rings. The largest absolute Gasteiger partial charge is 0.339 e. The minimum absolute atomic E-state index is 0. The van der Waals surface area contributed by atoms with Crippen LogP contribution in [0.15, 0.2) is 36.5 Å². The van der Waals surface area contributed by atoms with Crippen LogP contribution in [0.1, 0.15) is 40.5 Å². The van der Waals surface area contributed by atoms with E-state index in [1.807, 2.05) is 57.9 Å². The molecule has 0 aliphatic carbocycles. The minimum Gasteiger partial charge on any atom is -0.339 e. The van der Waals surface area contributed by atoms with Crippen LogP contribution in [0.25, 0.3) is 0 Å². The Bertz CT molecular complexity index is 870. The smallest absolute Gasteiger partial charge is 0.274 e. The number of rotatable bonds is 4. The second kappa shape index (κ2) is 10.1. The zero-order valence-electron chi connectivity index (χ0n) is 17.4. The normalized spacial score (nSPS) is 19.3. The maximum Gasteiger partial charge on any atom is 0.274 e. The van der Waals surface area contributed by atoms with Crippen molar-refractivity contribution < 1.29 is 9.59 Å². The predicted molar refractivity (Wildman–Crippen MR) is 118 cm³/mol. The van der Waals surface area contributed by atoms with Gasteiger partial charge in [-0.25, -0.2) is 0 Å². The standard InChI is InChI=1S/C22H29N5O2.ClH/c1-17-5-2-3-6-18(17)15-21(28)25-11-13-26(14-12-25)22(29)20-8-10-27(24-20)19-7-4-9-23-16-19;/h2-3,5-6,8,10,19,23H,4,7,9,11-16H2,1H3;1H. The van der Waals surface area contributed by atoms with Gasteiger partial charge in [-0.2, -0.15) is 5.10 Å². The Kier molecular flexibility index (Phi) is 7.50. The molecule has 1 atom stereocenters. The fraction of sp³-hybridized carbons (Fsp3) is 0.500. The van der Waals surface area contributed by atoms with Crippen molar-refractivity contribution in [2.24, 2.45) is 0 Å². The number of halogens is 1. The number of aromatic nitrogens is 2. The van der Waals surface area contributed by atoms with E-state index in [1.165, 1.54) is 0 Å². The van der Waals surface area contributed by atoms with E-state index in [0.717, 1.165) is 37.1 Å². The number of amides is 2. The number of hydrogen-bond acceptors (Lipinski definition) is 4. The van der Waals surface area contributed by atoms with Gasteiger partial charge in [0.25, 0.3) is 5.91 Å². The first-order valence-electron chi connectivity index (χ1n) is 10.5. The van der Waals surface area contributed by atoms with Crippen molar-refractivity contribution in [2.75, 3.05) is 39.3 Å². The van der Waals surface area contributed by atoms with E-state index in [2.05, 4.69) is 10.4 Å². The average Bonchev–Trinajstić information content (AvgIpc) is 3.26. The van der Waals surface area contributed by atoms with Crippen molar-refractivity contribution in [3.63, 3.8) is 0 Å². The number of aryl methyl sites for hydroxylation is 1. The lowest BCUT2D eigenvalue weighted by Gasteiger charge is -2.34. The highest BCUT2D eigenvalue weighted by molar-refractivity contribution is 5.92. The van der Waals surface area contributed by atoms with Crippen LogP contribution >= 0.6 is 12.4 Å². The molecule has 162 valence electrons. The molecule has 0 saturated carbocycles. The molecule has 1 aromatic carbocycles. The first-order chi connectivity index (χ1) is 14.1. The van der Waals surface area contributed by atoms with Crippen molar-refractivity contribution >= 4 is 24.2 Å². The van der Waals surface area contributed by atoms with Gasteiger partial charge in [-0.3, -0.25) is 14.3 Å². The lowest BCUT2D eigenvalue weighted by atomic mass is 10.1. The summed E-state index contributed by atoms with van der Waals surface area (Å²) in [6.07, 6.45) is 4.55. The van der Waals surface area contributed by atoms with Gasteiger partial charge >= 0.3 is 0 Å². The fourth-order valence-corrected chi connectivity index (χ4v) is 4.12. The summed E-state index contributed by atoms with van der Waals surface area (Å²) in [5, 5.41) is 7.91. The molecule has 2 aliphatic heterocycles. The third kappa shape index (κ3) is 5.02. The Balaban J connectivity index is 0.00000256. The van der Waals surface area contributed by atoms with Crippen LogP contribution in [0.4, 0.5) is 0 Å². The monoisotopic (exact) mass is 431 g/mol. The molecule has 0 bridgehead atoms. The molecule has 2 saturated heterocycles. The molecular formula is C22H30ClN5O2. The zero-order valence-corrected chi connectivity index (χ0v) is 18.2. The lowest BCUT2D eigenvalue weighted by molar-refractivity contribution is -0.131. The van der Waals surface area contributed by atoms with Crippen LogP contribution in [0.5, 0.6) is 0 Å². The molecule has 4 rings (SSSR count). The summed E-state index contributed by atoms with van der Waals surface area (Å²) >= 11 is 0. The third-order valence-electron chi connectivity index (χ3n) is 5.99. The molecule has 1 aromatic heterocycles. The summed E-state index contributed by atoms with van der Waals surface area (Å²) in [7, 11) is 0. The van der Waals surface area contributed by atoms with Gasteiger partial charge in [0.1, 0.15) is 5.69 Å². The van der Waals surface area contributed by atoms with Crippen molar-refractivity contribution in [1.29, 1.82) is 0 Å². The number of nitrogens with zero attached hydrogens (tertiary/aromatic N) is 4. The van der Waals surface area contributed by atoms with E-state index < -0.39 is 0 Å². The molecule has 3 heterocycles. The maximum absolute atomic E-state index is 12.8. The average molecular weight is 432 g/mol. The first kappa shape index (κ1) is 22.3. The van der Waals surface area contributed by atoms with Gasteiger partial charge in [-0.1, -0.05) is 24.3 Å². The Morgan fingerprint density at radius 3 is 2.53 bits per heavy atom. The minimum atomic E-state index is -0.0430. The van der Waals surface area contributed by atoms with Gasteiger partial charge in [-0.05, 0) is 43.5 Å². The highest BCUT2D eigenvalue weighted by atomic mass is 35.5. The Hall–Kier alpha value is -2.38. The third-order valence-corrected chi connectivity index (χ3v) is 5.99. The maximum atomic E-state index is 12.8. The van der Waals surface area contributed by atoms with Crippen molar-refractivity contribution in [2.45, 2.75) is 32.2 Å². The summed E-state index contributed by atoms with van der Waals surface area (Å²) < 4.78 is 1.92. The van der Waals surface area contributed by atoms with Crippen molar-refractivity contribution in [3.05, 3.63) is 53.3 Å². The van der Waals surface area contributed by atoms with Crippen LogP contribution < -0.4 is 5.32 Å². The molecule has 0 radical (unpaired) electrons. The number of nitrogens with one attached hydrogen (secondary N) is 1. The van der Waals surface area contributed by atoms with E-state index in [4.69, 9.17) is 0 Å². The van der Waals surface area contributed by atoms with Crippen molar-refractivity contribution in [1.82, 2.24) is 24.9 Å². The van der Waals surface area contributed by atoms with E-state index in [9.17, 15) is 9.59 Å². The van der Waals surface area contributed by atoms with Crippen LogP contribution in [0, 0.1) is 6.92 Å². The lowest BCUT2D eigenvalue weighted by Crippen LogP contribution is -2.51. The van der Waals surface area contributed by atoms with E-state index in [1.54, 1.807) is 0 Å². The van der Waals surface area contributed by atoms with Gasteiger partial charge in [0.2, 0.25) is 5.91 Å². The van der Waals surface area contributed by atoms with Crippen molar-refractivity contribution in [3.8, 4) is 0 Å². The Morgan fingerprint density at radius 2 is 1.83 bits per heavy atom. The molecule has 1 unspecified atom stereocenters. The molecule has 8 heteroatoms. The molecular weight excluding hydrogens is 402 g/mol. The number of carbonyl (C=O) groups is 2. The summed E-state index contributed by atoms with van der Waals surface area (Å²) in [6.45, 7) is 6.23. The van der Waals surface area contributed by atoms with Crippen LogP contribution in [0.2, 0.25) is 0 Å². The number of piperidine rings is 1. The fourth-order valence-electron chi connectivity index (χ4n) is 4.12. The van der Waals surface area contributed by atoms with Gasteiger partial charge in [-0.15, -0.1) is 12.4 Å². The molecule has 0 spiro atoms. The van der Waals surface area contributed by atoms with Gasteiger partial charge in [0, 0.05) is 38.9 Å². The number of carbonyl (C=O) groups excluding carboxylic acids is 2.